The van der Waals surface area contributed by atoms with Crippen LogP contribution in [0.25, 0.3) is 5.57 Å². The molecule has 2 aliphatic carbocycles. The van der Waals surface area contributed by atoms with Crippen molar-refractivity contribution in [3.63, 3.8) is 0 Å². The van der Waals surface area contributed by atoms with Gasteiger partial charge in [0.1, 0.15) is 11.5 Å². The molecule has 0 spiro atoms. The van der Waals surface area contributed by atoms with Crippen molar-refractivity contribution < 1.29 is 28.5 Å². The van der Waals surface area contributed by atoms with Crippen molar-refractivity contribution in [3.05, 3.63) is 95.6 Å². The zero-order valence-corrected chi connectivity index (χ0v) is 20.9. The van der Waals surface area contributed by atoms with Gasteiger partial charge in [0.25, 0.3) is 0 Å². The number of anilines is 1. The number of methoxy groups -OCH3 is 2. The van der Waals surface area contributed by atoms with Crippen LogP contribution in [-0.4, -0.2) is 32.8 Å². The van der Waals surface area contributed by atoms with Gasteiger partial charge < -0.3 is 18.9 Å². The van der Waals surface area contributed by atoms with E-state index in [-0.39, 0.29) is 30.4 Å². The fourth-order valence-corrected chi connectivity index (χ4v) is 6.39. The number of hydrogen-bond acceptors (Lipinski definition) is 6. The maximum Gasteiger partial charge on any atom is 0.238 e. The molecule has 0 aromatic heterocycles. The minimum atomic E-state index is -0.440. The lowest BCUT2D eigenvalue weighted by Gasteiger charge is -2.22. The van der Waals surface area contributed by atoms with Crippen molar-refractivity contribution in [2.24, 2.45) is 23.7 Å². The van der Waals surface area contributed by atoms with E-state index < -0.39 is 11.8 Å². The normalized spacial score (nSPS) is 24.3. The van der Waals surface area contributed by atoms with E-state index in [1.54, 1.807) is 32.4 Å². The van der Waals surface area contributed by atoms with E-state index in [0.717, 1.165) is 33.8 Å². The van der Waals surface area contributed by atoms with Crippen molar-refractivity contribution >= 4 is 23.1 Å². The first-order valence-corrected chi connectivity index (χ1v) is 12.6. The summed E-state index contributed by atoms with van der Waals surface area (Å²) >= 11 is 0. The molecule has 1 saturated carbocycles. The molecule has 7 heteroatoms. The topological polar surface area (TPSA) is 74.3 Å². The van der Waals surface area contributed by atoms with Crippen LogP contribution in [0.1, 0.15) is 11.1 Å². The van der Waals surface area contributed by atoms with Gasteiger partial charge in [-0.1, -0.05) is 36.4 Å². The summed E-state index contributed by atoms with van der Waals surface area (Å²) in [5, 5.41) is 0. The maximum absolute atomic E-state index is 13.8. The number of fused-ring (bicyclic) bond motifs is 6. The second-order valence-corrected chi connectivity index (χ2v) is 9.82. The third-order valence-corrected chi connectivity index (χ3v) is 8.08. The Hall–Kier alpha value is -4.52. The van der Waals surface area contributed by atoms with Crippen molar-refractivity contribution in [3.8, 4) is 23.0 Å². The summed E-state index contributed by atoms with van der Waals surface area (Å²) in [5.41, 5.74) is 4.70. The van der Waals surface area contributed by atoms with Crippen LogP contribution in [0.5, 0.6) is 23.0 Å². The number of hydrogen-bond donors (Lipinski definition) is 0. The summed E-state index contributed by atoms with van der Waals surface area (Å²) in [6.07, 6.45) is 4.20. The molecule has 7 nitrogen and oxygen atoms in total. The van der Waals surface area contributed by atoms with Crippen LogP contribution in [0.2, 0.25) is 0 Å². The average Bonchev–Trinajstić information content (AvgIpc) is 3.72. The fourth-order valence-electron chi connectivity index (χ4n) is 6.39. The third kappa shape index (κ3) is 3.21. The molecule has 7 rings (SSSR count). The summed E-state index contributed by atoms with van der Waals surface area (Å²) in [4.78, 5) is 29.0. The van der Waals surface area contributed by atoms with E-state index in [1.165, 1.54) is 4.90 Å². The van der Waals surface area contributed by atoms with Crippen molar-refractivity contribution in [2.75, 3.05) is 25.9 Å². The molecule has 190 valence electrons. The highest BCUT2D eigenvalue weighted by molar-refractivity contribution is 6.23. The van der Waals surface area contributed by atoms with Crippen molar-refractivity contribution in [1.82, 2.24) is 0 Å². The number of nitrogens with zero attached hydrogens (tertiary/aromatic N) is 1. The fraction of sp³-hybridized carbons (Fsp3) is 0.226. The van der Waals surface area contributed by atoms with Crippen LogP contribution in [0, 0.1) is 23.7 Å². The first kappa shape index (κ1) is 22.7. The highest BCUT2D eigenvalue weighted by Crippen LogP contribution is 2.59. The van der Waals surface area contributed by atoms with E-state index in [9.17, 15) is 9.59 Å². The SMILES string of the molecule is COc1ccc(C(=C2[C@H]3C=C[C@H]2[C@@H]2C(=O)N(c4ccc5c(c4)OCO5)C(=O)[C@H]23)c2ccc(OC)cc2)cc1. The Morgan fingerprint density at radius 2 is 1.26 bits per heavy atom. The van der Waals surface area contributed by atoms with Crippen LogP contribution in [-0.2, 0) is 9.59 Å². The monoisotopic (exact) mass is 507 g/mol. The smallest absolute Gasteiger partial charge is 0.238 e. The zero-order chi connectivity index (χ0) is 26.0. The predicted octanol–water partition coefficient (Wildman–Crippen LogP) is 4.86. The molecule has 0 N–H and O–H groups in total. The Kier molecular flexibility index (Phi) is 5.08. The Bertz CT molecular complexity index is 1440. The van der Waals surface area contributed by atoms with Gasteiger partial charge in [0.15, 0.2) is 11.5 Å². The summed E-state index contributed by atoms with van der Waals surface area (Å²) in [6.45, 7) is 0.133. The highest BCUT2D eigenvalue weighted by atomic mass is 16.7. The summed E-state index contributed by atoms with van der Waals surface area (Å²) < 4.78 is 21.6. The molecular weight excluding hydrogens is 482 g/mol. The summed E-state index contributed by atoms with van der Waals surface area (Å²) in [7, 11) is 3.28. The quantitative estimate of drug-likeness (QED) is 0.363. The summed E-state index contributed by atoms with van der Waals surface area (Å²) in [5.74, 6) is 1.14. The van der Waals surface area contributed by atoms with Gasteiger partial charge in [-0.25, -0.2) is 4.90 Å². The van der Waals surface area contributed by atoms with Crippen LogP contribution in [0.15, 0.2) is 84.5 Å². The molecular formula is C31H25NO6. The van der Waals surface area contributed by atoms with Crippen molar-refractivity contribution in [2.45, 2.75) is 0 Å². The molecule has 1 saturated heterocycles. The zero-order valence-electron chi connectivity index (χ0n) is 20.9. The summed E-state index contributed by atoms with van der Waals surface area (Å²) in [6, 6.07) is 21.1. The molecule has 2 heterocycles. The maximum atomic E-state index is 13.8. The lowest BCUT2D eigenvalue weighted by atomic mass is 9.85. The molecule has 3 aromatic rings. The Balaban J connectivity index is 1.32. The lowest BCUT2D eigenvalue weighted by molar-refractivity contribution is -0.122. The molecule has 38 heavy (non-hydrogen) atoms. The van der Waals surface area contributed by atoms with Crippen LogP contribution in [0.4, 0.5) is 5.69 Å². The molecule has 2 bridgehead atoms. The van der Waals surface area contributed by atoms with E-state index in [4.69, 9.17) is 18.9 Å². The van der Waals surface area contributed by atoms with Gasteiger partial charge in [0.05, 0.1) is 31.7 Å². The average molecular weight is 508 g/mol. The van der Waals surface area contributed by atoms with E-state index in [1.807, 2.05) is 48.5 Å². The molecule has 2 aliphatic heterocycles. The minimum Gasteiger partial charge on any atom is -0.497 e. The van der Waals surface area contributed by atoms with Gasteiger partial charge in [-0.2, -0.15) is 0 Å². The number of carbonyl (C=O) groups excluding carboxylic acids is 2. The second kappa shape index (κ2) is 8.52. The molecule has 4 atom stereocenters. The molecule has 4 aliphatic rings. The highest BCUT2D eigenvalue weighted by Gasteiger charge is 2.62. The first-order valence-electron chi connectivity index (χ1n) is 12.6. The number of allylic oxidation sites excluding steroid dienone is 3. The number of benzene rings is 3. The third-order valence-electron chi connectivity index (χ3n) is 8.08. The Morgan fingerprint density at radius 1 is 0.737 bits per heavy atom. The Labute approximate surface area is 219 Å². The van der Waals surface area contributed by atoms with Gasteiger partial charge in [-0.15, -0.1) is 0 Å². The van der Waals surface area contributed by atoms with Crippen LogP contribution < -0.4 is 23.8 Å². The van der Waals surface area contributed by atoms with Gasteiger partial charge in [0.2, 0.25) is 18.6 Å². The van der Waals surface area contributed by atoms with E-state index in [0.29, 0.717) is 17.2 Å². The van der Waals surface area contributed by atoms with Crippen LogP contribution in [0.3, 0.4) is 0 Å². The Morgan fingerprint density at radius 3 is 1.79 bits per heavy atom. The second-order valence-electron chi connectivity index (χ2n) is 9.82. The van der Waals surface area contributed by atoms with Gasteiger partial charge in [0, 0.05) is 17.9 Å². The molecule has 2 fully saturated rings. The number of rotatable bonds is 5. The molecule has 3 aromatic carbocycles. The first-order chi connectivity index (χ1) is 18.6. The number of amides is 2. The van der Waals surface area contributed by atoms with Gasteiger partial charge in [-0.05, 0) is 58.7 Å². The number of ether oxygens (including phenoxy) is 4. The van der Waals surface area contributed by atoms with Gasteiger partial charge in [-0.3, -0.25) is 9.59 Å². The van der Waals surface area contributed by atoms with Crippen LogP contribution >= 0.6 is 0 Å². The predicted molar refractivity (Wildman–Crippen MR) is 140 cm³/mol. The van der Waals surface area contributed by atoms with Gasteiger partial charge >= 0.3 is 0 Å². The van der Waals surface area contributed by atoms with Crippen molar-refractivity contribution in [1.29, 1.82) is 0 Å². The largest absolute Gasteiger partial charge is 0.497 e. The standard InChI is InChI=1S/C31H25NO6/c1-35-20-8-3-17(4-9-20)26(18-5-10-21(36-2)11-6-18)27-22-12-13-23(27)29-28(22)30(33)32(31(29)34)19-7-14-24-25(15-19)38-16-37-24/h3-15,22-23,28-29H,16H2,1-2H3/t22-,23-,28+,29+/m1/s1. The lowest BCUT2D eigenvalue weighted by Crippen LogP contribution is -2.33. The number of carbonyl (C=O) groups is 2. The van der Waals surface area contributed by atoms with E-state index in [2.05, 4.69) is 12.2 Å². The van der Waals surface area contributed by atoms with E-state index >= 15 is 0 Å². The minimum absolute atomic E-state index is 0.133. The molecule has 0 radical (unpaired) electrons. The molecule has 2 amide bonds. The number of imide groups is 1. The molecule has 0 unspecified atom stereocenters.